The number of nitrogens with one attached hydrogen (secondary N) is 2. The maximum absolute atomic E-state index is 11.4. The number of amides is 3. The zero-order valence-corrected chi connectivity index (χ0v) is 9.86. The third-order valence-corrected chi connectivity index (χ3v) is 1.75. The summed E-state index contributed by atoms with van der Waals surface area (Å²) >= 11 is 0. The molecule has 98 valence electrons. The average molecular weight is 247 g/mol. The molecule has 8 heteroatoms. The molecule has 0 radical (unpaired) electrons. The third-order valence-electron chi connectivity index (χ3n) is 1.75. The fourth-order valence-electron chi connectivity index (χ4n) is 0.891. The number of rotatable bonds is 7. The summed E-state index contributed by atoms with van der Waals surface area (Å²) in [6.07, 6.45) is 0. The first-order valence-corrected chi connectivity index (χ1v) is 4.96. The molecule has 0 aliphatic heterocycles. The molecule has 0 saturated carbocycles. The number of nitrogens with zero attached hydrogens (tertiary/aromatic N) is 1. The highest BCUT2D eigenvalue weighted by Crippen LogP contribution is 1.84. The second-order valence-corrected chi connectivity index (χ2v) is 3.21. The highest BCUT2D eigenvalue weighted by molar-refractivity contribution is 5.83. The molecule has 0 bridgehead atoms. The molecular formula is C9H17N3O5. The molecule has 0 fully saturated rings. The highest BCUT2D eigenvalue weighted by Gasteiger charge is 2.10. The molecule has 0 spiro atoms. The summed E-state index contributed by atoms with van der Waals surface area (Å²) in [6, 6.07) is -0.424. The van der Waals surface area contributed by atoms with Crippen molar-refractivity contribution in [2.45, 2.75) is 0 Å². The van der Waals surface area contributed by atoms with E-state index in [0.29, 0.717) is 0 Å². The van der Waals surface area contributed by atoms with Gasteiger partial charge in [0.15, 0.2) is 0 Å². The fraction of sp³-hybridized carbons (Fsp3) is 0.667. The van der Waals surface area contributed by atoms with Crippen molar-refractivity contribution < 1.29 is 24.2 Å². The minimum absolute atomic E-state index is 0.0433. The smallest absolute Gasteiger partial charge is 0.329 e. The monoisotopic (exact) mass is 247 g/mol. The molecule has 0 heterocycles. The van der Waals surface area contributed by atoms with E-state index in [9.17, 15) is 14.4 Å². The number of aliphatic carboxylic acids is 1. The maximum atomic E-state index is 11.4. The number of carboxylic acids is 1. The second kappa shape index (κ2) is 8.34. The summed E-state index contributed by atoms with van der Waals surface area (Å²) in [5.74, 6) is -1.34. The van der Waals surface area contributed by atoms with E-state index >= 15 is 0 Å². The van der Waals surface area contributed by atoms with Crippen LogP contribution in [0.15, 0.2) is 0 Å². The summed E-state index contributed by atoms with van der Waals surface area (Å²) in [5.41, 5.74) is 0. The van der Waals surface area contributed by atoms with Gasteiger partial charge in [0.2, 0.25) is 5.91 Å². The van der Waals surface area contributed by atoms with Gasteiger partial charge in [-0.25, -0.2) is 9.59 Å². The van der Waals surface area contributed by atoms with Gasteiger partial charge in [-0.1, -0.05) is 0 Å². The molecule has 0 saturated heterocycles. The van der Waals surface area contributed by atoms with E-state index in [-0.39, 0.29) is 25.6 Å². The quantitative estimate of drug-likeness (QED) is 0.473. The van der Waals surface area contributed by atoms with Crippen molar-refractivity contribution in [3.8, 4) is 0 Å². The van der Waals surface area contributed by atoms with E-state index in [1.54, 1.807) is 0 Å². The van der Waals surface area contributed by atoms with Gasteiger partial charge in [-0.2, -0.15) is 0 Å². The number of hydrogen-bond acceptors (Lipinski definition) is 4. The molecular weight excluding hydrogens is 230 g/mol. The van der Waals surface area contributed by atoms with E-state index in [2.05, 4.69) is 10.6 Å². The van der Waals surface area contributed by atoms with Crippen LogP contribution in [0, 0.1) is 0 Å². The molecule has 0 aliphatic carbocycles. The predicted molar refractivity (Wildman–Crippen MR) is 58.6 cm³/mol. The van der Waals surface area contributed by atoms with E-state index < -0.39 is 18.6 Å². The molecule has 0 atom stereocenters. The summed E-state index contributed by atoms with van der Waals surface area (Å²) < 4.78 is 4.72. The van der Waals surface area contributed by atoms with Gasteiger partial charge in [-0.15, -0.1) is 0 Å². The Morgan fingerprint density at radius 1 is 1.35 bits per heavy atom. The largest absolute Gasteiger partial charge is 0.480 e. The zero-order chi connectivity index (χ0) is 13.3. The number of carbonyl (C=O) groups is 3. The number of ether oxygens (including phenoxy) is 1. The van der Waals surface area contributed by atoms with E-state index in [1.807, 2.05) is 0 Å². The van der Waals surface area contributed by atoms with Gasteiger partial charge in [-0.05, 0) is 0 Å². The Bertz CT molecular complexity index is 282. The van der Waals surface area contributed by atoms with E-state index in [0.717, 1.165) is 0 Å². The molecule has 8 nitrogen and oxygen atoms in total. The van der Waals surface area contributed by atoms with Crippen LogP contribution in [-0.4, -0.2) is 68.3 Å². The minimum atomic E-state index is -1.06. The van der Waals surface area contributed by atoms with Crippen LogP contribution in [0.2, 0.25) is 0 Å². The molecule has 0 aromatic heterocycles. The molecule has 0 aliphatic rings. The molecule has 17 heavy (non-hydrogen) atoms. The van der Waals surface area contributed by atoms with Crippen molar-refractivity contribution in [1.29, 1.82) is 0 Å². The predicted octanol–water partition coefficient (Wildman–Crippen LogP) is -1.52. The summed E-state index contributed by atoms with van der Waals surface area (Å²) in [5, 5.41) is 13.1. The maximum Gasteiger partial charge on any atom is 0.329 e. The van der Waals surface area contributed by atoms with Crippen molar-refractivity contribution in [2.75, 3.05) is 40.4 Å². The number of urea groups is 1. The summed E-state index contributed by atoms with van der Waals surface area (Å²) in [6.45, 7) is -0.154. The van der Waals surface area contributed by atoms with Gasteiger partial charge in [0, 0.05) is 20.6 Å². The van der Waals surface area contributed by atoms with Gasteiger partial charge >= 0.3 is 12.0 Å². The minimum Gasteiger partial charge on any atom is -0.480 e. The summed E-state index contributed by atoms with van der Waals surface area (Å²) in [7, 11) is 2.95. The molecule has 0 aromatic carbocycles. The van der Waals surface area contributed by atoms with Crippen molar-refractivity contribution in [2.24, 2.45) is 0 Å². The van der Waals surface area contributed by atoms with E-state index in [1.165, 1.54) is 19.0 Å². The Labute approximate surface area is 98.9 Å². The van der Waals surface area contributed by atoms with Gasteiger partial charge in [0.25, 0.3) is 0 Å². The first-order valence-electron chi connectivity index (χ1n) is 4.96. The molecule has 3 N–H and O–H groups in total. The number of hydrogen-bond donors (Lipinski definition) is 3. The van der Waals surface area contributed by atoms with Crippen molar-refractivity contribution in [3.63, 3.8) is 0 Å². The van der Waals surface area contributed by atoms with Crippen LogP contribution >= 0.6 is 0 Å². The van der Waals surface area contributed by atoms with Crippen LogP contribution in [0.1, 0.15) is 0 Å². The normalized spacial score (nSPS) is 9.53. The van der Waals surface area contributed by atoms with Gasteiger partial charge in [0.05, 0.1) is 6.61 Å². The Hall–Kier alpha value is -1.83. The number of carbonyl (C=O) groups excluding carboxylic acids is 2. The topological polar surface area (TPSA) is 108 Å². The van der Waals surface area contributed by atoms with Gasteiger partial charge in [-0.3, -0.25) is 4.79 Å². The van der Waals surface area contributed by atoms with Crippen LogP contribution in [0.4, 0.5) is 4.79 Å². The molecule has 3 amide bonds. The van der Waals surface area contributed by atoms with Crippen LogP contribution in [0.25, 0.3) is 0 Å². The van der Waals surface area contributed by atoms with Crippen LogP contribution in [-0.2, 0) is 14.3 Å². The lowest BCUT2D eigenvalue weighted by molar-refractivity contribution is -0.142. The van der Waals surface area contributed by atoms with Crippen LogP contribution in [0.3, 0.4) is 0 Å². The Kier molecular flexibility index (Phi) is 7.44. The number of carboxylic acid groups (broad SMARTS) is 1. The Morgan fingerprint density at radius 3 is 2.53 bits per heavy atom. The van der Waals surface area contributed by atoms with Gasteiger partial charge < -0.3 is 25.4 Å². The fourth-order valence-corrected chi connectivity index (χ4v) is 0.891. The van der Waals surface area contributed by atoms with Crippen molar-refractivity contribution in [3.05, 3.63) is 0 Å². The van der Waals surface area contributed by atoms with Crippen LogP contribution in [0.5, 0.6) is 0 Å². The first kappa shape index (κ1) is 15.2. The highest BCUT2D eigenvalue weighted by atomic mass is 16.5. The third kappa shape index (κ3) is 8.03. The lowest BCUT2D eigenvalue weighted by Crippen LogP contribution is -2.43. The molecule has 0 rings (SSSR count). The zero-order valence-electron chi connectivity index (χ0n) is 9.86. The molecule has 0 unspecified atom stereocenters. The van der Waals surface area contributed by atoms with Crippen LogP contribution < -0.4 is 10.6 Å². The van der Waals surface area contributed by atoms with Crippen molar-refractivity contribution >= 4 is 17.9 Å². The number of likely N-dealkylation sites (N-methyl/N-ethyl adjacent to an activating group) is 2. The Morgan fingerprint density at radius 2 is 2.00 bits per heavy atom. The first-order chi connectivity index (χ1) is 7.97. The lowest BCUT2D eigenvalue weighted by atomic mass is 10.5. The molecule has 0 aromatic rings. The second-order valence-electron chi connectivity index (χ2n) is 3.21. The summed E-state index contributed by atoms with van der Waals surface area (Å²) in [4.78, 5) is 33.6. The SMILES string of the molecule is CNC(=O)CN(C)C(=O)NCCOCC(=O)O. The Balaban J connectivity index is 3.64. The van der Waals surface area contributed by atoms with E-state index in [4.69, 9.17) is 9.84 Å². The average Bonchev–Trinajstić information content (AvgIpc) is 2.27. The lowest BCUT2D eigenvalue weighted by Gasteiger charge is -2.16. The standard InChI is InChI=1S/C9H17N3O5/c1-10-7(13)5-12(2)9(16)11-3-4-17-6-8(14)15/h3-6H2,1-2H3,(H,10,13)(H,11,16)(H,14,15). The van der Waals surface area contributed by atoms with Gasteiger partial charge in [0.1, 0.15) is 13.2 Å². The van der Waals surface area contributed by atoms with Crippen molar-refractivity contribution in [1.82, 2.24) is 15.5 Å².